The molecule has 7 heteroatoms. The Morgan fingerprint density at radius 3 is 2.83 bits per heavy atom. The Bertz CT molecular complexity index is 638. The number of aryl methyl sites for hydroxylation is 1. The van der Waals surface area contributed by atoms with Crippen molar-refractivity contribution in [2.45, 2.75) is 18.4 Å². The first-order valence-corrected chi connectivity index (χ1v) is 7.42. The van der Waals surface area contributed by atoms with E-state index < -0.39 is 10.0 Å². The van der Waals surface area contributed by atoms with Crippen molar-refractivity contribution < 1.29 is 12.9 Å². The lowest BCUT2D eigenvalue weighted by atomic mass is 10.2. The van der Waals surface area contributed by atoms with Gasteiger partial charge in [-0.05, 0) is 40.5 Å². The predicted molar refractivity (Wildman–Crippen MR) is 69.4 cm³/mol. The smallest absolute Gasteiger partial charge is 0.242 e. The van der Waals surface area contributed by atoms with E-state index >= 15 is 0 Å². The summed E-state index contributed by atoms with van der Waals surface area (Å²) in [7, 11) is -3.57. The summed E-state index contributed by atoms with van der Waals surface area (Å²) in [6.07, 6.45) is 1.40. The quantitative estimate of drug-likeness (QED) is 0.932. The van der Waals surface area contributed by atoms with Gasteiger partial charge >= 0.3 is 0 Å². The van der Waals surface area contributed by atoms with Gasteiger partial charge in [-0.15, -0.1) is 0 Å². The molecule has 0 radical (unpaired) electrons. The zero-order chi connectivity index (χ0) is 13.2. The largest absolute Gasteiger partial charge is 0.364 e. The second-order valence-corrected chi connectivity index (χ2v) is 6.34. The summed E-state index contributed by atoms with van der Waals surface area (Å²) in [6, 6.07) is 6.75. The van der Waals surface area contributed by atoms with E-state index in [0.29, 0.717) is 10.2 Å². The first-order valence-electron chi connectivity index (χ1n) is 5.14. The molecule has 2 rings (SSSR count). The number of aromatic nitrogens is 1. The van der Waals surface area contributed by atoms with Gasteiger partial charge in [-0.3, -0.25) is 0 Å². The van der Waals surface area contributed by atoms with Crippen molar-refractivity contribution in [3.8, 4) is 0 Å². The van der Waals surface area contributed by atoms with Crippen molar-refractivity contribution in [3.05, 3.63) is 46.3 Å². The topological polar surface area (TPSA) is 72.2 Å². The highest BCUT2D eigenvalue weighted by atomic mass is 79.9. The van der Waals surface area contributed by atoms with Gasteiger partial charge in [-0.25, -0.2) is 13.1 Å². The molecule has 0 atom stereocenters. The number of nitrogens with zero attached hydrogens (tertiary/aromatic N) is 1. The fourth-order valence-corrected chi connectivity index (χ4v) is 3.44. The molecular formula is C11H11BrN2O3S. The zero-order valence-corrected chi connectivity index (χ0v) is 12.0. The highest BCUT2D eigenvalue weighted by Gasteiger charge is 2.17. The Morgan fingerprint density at radius 1 is 1.39 bits per heavy atom. The summed E-state index contributed by atoms with van der Waals surface area (Å²) >= 11 is 3.23. The van der Waals surface area contributed by atoms with Gasteiger partial charge in [0.15, 0.2) is 0 Å². The molecule has 5 nitrogen and oxygen atoms in total. The summed E-state index contributed by atoms with van der Waals surface area (Å²) in [5.74, 6) is 0. The van der Waals surface area contributed by atoms with E-state index in [2.05, 4.69) is 30.3 Å². The third-order valence-corrected chi connectivity index (χ3v) is 4.71. The molecule has 1 N–H and O–H groups in total. The van der Waals surface area contributed by atoms with E-state index in [1.165, 1.54) is 6.26 Å². The average Bonchev–Trinajstić information content (AvgIpc) is 2.83. The molecule has 1 heterocycles. The third kappa shape index (κ3) is 2.98. The molecule has 0 saturated heterocycles. The number of hydrogen-bond donors (Lipinski definition) is 1. The third-order valence-electron chi connectivity index (χ3n) is 2.31. The summed E-state index contributed by atoms with van der Waals surface area (Å²) in [6.45, 7) is 1.93. The monoisotopic (exact) mass is 330 g/mol. The Hall–Kier alpha value is -1.18. The lowest BCUT2D eigenvalue weighted by Crippen LogP contribution is -2.23. The summed E-state index contributed by atoms with van der Waals surface area (Å²) in [5, 5.41) is 3.64. The minimum absolute atomic E-state index is 0.0964. The summed E-state index contributed by atoms with van der Waals surface area (Å²) in [5.41, 5.74) is 1.40. The van der Waals surface area contributed by atoms with Gasteiger partial charge in [-0.2, -0.15) is 0 Å². The van der Waals surface area contributed by atoms with E-state index in [9.17, 15) is 8.42 Å². The van der Waals surface area contributed by atoms with Crippen LogP contribution in [0.25, 0.3) is 0 Å². The minimum atomic E-state index is -3.57. The summed E-state index contributed by atoms with van der Waals surface area (Å²) in [4.78, 5) is 0.214. The highest BCUT2D eigenvalue weighted by Crippen LogP contribution is 2.22. The van der Waals surface area contributed by atoms with E-state index in [-0.39, 0.29) is 11.4 Å². The first-order chi connectivity index (χ1) is 8.49. The zero-order valence-electron chi connectivity index (χ0n) is 9.55. The Balaban J connectivity index is 2.22. The van der Waals surface area contributed by atoms with Gasteiger partial charge in [0.25, 0.3) is 0 Å². The molecule has 0 amide bonds. The number of benzene rings is 1. The Morgan fingerprint density at radius 2 is 2.17 bits per heavy atom. The van der Waals surface area contributed by atoms with Crippen LogP contribution in [0.2, 0.25) is 0 Å². The van der Waals surface area contributed by atoms with Crippen molar-refractivity contribution in [3.63, 3.8) is 0 Å². The predicted octanol–water partition coefficient (Wildman–Crippen LogP) is 2.22. The molecule has 0 aliphatic rings. The van der Waals surface area contributed by atoms with Gasteiger partial charge < -0.3 is 4.52 Å². The van der Waals surface area contributed by atoms with Crippen LogP contribution in [-0.2, 0) is 16.6 Å². The molecule has 0 unspecified atom stereocenters. The van der Waals surface area contributed by atoms with Crippen LogP contribution in [0.5, 0.6) is 0 Å². The second-order valence-electron chi connectivity index (χ2n) is 3.75. The van der Waals surface area contributed by atoms with Crippen molar-refractivity contribution in [2.75, 3.05) is 0 Å². The molecule has 0 spiro atoms. The Labute approximate surface area is 113 Å². The lowest BCUT2D eigenvalue weighted by molar-refractivity contribution is 0.411. The van der Waals surface area contributed by atoms with Gasteiger partial charge in [0, 0.05) is 10.5 Å². The minimum Gasteiger partial charge on any atom is -0.364 e. The fourth-order valence-electron chi connectivity index (χ4n) is 1.39. The molecule has 0 bridgehead atoms. The van der Waals surface area contributed by atoms with Gasteiger partial charge in [0.1, 0.15) is 6.26 Å². The van der Waals surface area contributed by atoms with E-state index in [0.717, 1.165) is 5.56 Å². The van der Waals surface area contributed by atoms with Gasteiger partial charge in [-0.1, -0.05) is 11.2 Å². The van der Waals surface area contributed by atoms with Gasteiger partial charge in [0.05, 0.1) is 17.1 Å². The molecule has 1 aromatic carbocycles. The second kappa shape index (κ2) is 5.21. The van der Waals surface area contributed by atoms with Crippen LogP contribution in [0.3, 0.4) is 0 Å². The summed E-state index contributed by atoms with van der Waals surface area (Å²) < 4.78 is 31.8. The van der Waals surface area contributed by atoms with Crippen LogP contribution in [0.15, 0.2) is 44.4 Å². The van der Waals surface area contributed by atoms with Crippen LogP contribution in [-0.4, -0.2) is 13.6 Å². The number of halogens is 1. The number of sulfonamides is 1. The molecular weight excluding hydrogens is 320 g/mol. The molecule has 1 aromatic heterocycles. The van der Waals surface area contributed by atoms with Crippen LogP contribution >= 0.6 is 15.9 Å². The number of rotatable bonds is 4. The molecule has 0 aliphatic carbocycles. The van der Waals surface area contributed by atoms with E-state index in [1.54, 1.807) is 18.2 Å². The molecule has 0 saturated carbocycles. The van der Waals surface area contributed by atoms with E-state index in [4.69, 9.17) is 0 Å². The van der Waals surface area contributed by atoms with Crippen molar-refractivity contribution in [2.24, 2.45) is 0 Å². The standard InChI is InChI=1S/C11H11BrN2O3S/c1-8-2-3-10(12)11(6-8)18(15,16)13-7-9-4-5-17-14-9/h2-6,13H,7H2,1H3. The number of nitrogens with one attached hydrogen (secondary N) is 1. The fraction of sp³-hybridized carbons (Fsp3) is 0.182. The molecule has 0 aliphatic heterocycles. The van der Waals surface area contributed by atoms with Crippen molar-refractivity contribution >= 4 is 26.0 Å². The SMILES string of the molecule is Cc1ccc(Br)c(S(=O)(=O)NCc2ccon2)c1. The van der Waals surface area contributed by atoms with Crippen LogP contribution in [0.1, 0.15) is 11.3 Å². The number of hydrogen-bond acceptors (Lipinski definition) is 4. The molecule has 2 aromatic rings. The molecule has 96 valence electrons. The Kier molecular flexibility index (Phi) is 3.84. The van der Waals surface area contributed by atoms with Crippen molar-refractivity contribution in [1.82, 2.24) is 9.88 Å². The lowest BCUT2D eigenvalue weighted by Gasteiger charge is -2.08. The van der Waals surface area contributed by atoms with Crippen LogP contribution < -0.4 is 4.72 Å². The normalized spacial score (nSPS) is 11.7. The maximum absolute atomic E-state index is 12.1. The van der Waals surface area contributed by atoms with E-state index in [1.807, 2.05) is 13.0 Å². The maximum atomic E-state index is 12.1. The highest BCUT2D eigenvalue weighted by molar-refractivity contribution is 9.10. The first kappa shape index (κ1) is 13.3. The average molecular weight is 331 g/mol. The molecule has 0 fully saturated rings. The van der Waals surface area contributed by atoms with Crippen LogP contribution in [0.4, 0.5) is 0 Å². The molecule has 18 heavy (non-hydrogen) atoms. The van der Waals surface area contributed by atoms with Gasteiger partial charge in [0.2, 0.25) is 10.0 Å². The maximum Gasteiger partial charge on any atom is 0.242 e. The van der Waals surface area contributed by atoms with Crippen LogP contribution in [0, 0.1) is 6.92 Å². The van der Waals surface area contributed by atoms with Crippen molar-refractivity contribution in [1.29, 1.82) is 0 Å².